The molecule has 0 heterocycles. The molecule has 6 heteroatoms. The van der Waals surface area contributed by atoms with Crippen molar-refractivity contribution in [2.45, 2.75) is 42.4 Å². The second-order valence-electron chi connectivity index (χ2n) is 6.62. The van der Waals surface area contributed by atoms with Crippen LogP contribution in [0.15, 0.2) is 59.5 Å². The molecule has 3 N–H and O–H groups in total. The van der Waals surface area contributed by atoms with Crippen molar-refractivity contribution >= 4 is 34.8 Å². The smallest absolute Gasteiger partial charge is 0.227 e. The minimum Gasteiger partial charge on any atom is -0.328 e. The van der Waals surface area contributed by atoms with E-state index < -0.39 is 10.8 Å². The summed E-state index contributed by atoms with van der Waals surface area (Å²) in [7, 11) is -1.09. The van der Waals surface area contributed by atoms with Crippen molar-refractivity contribution < 1.29 is 9.00 Å². The maximum atomic E-state index is 12.4. The molecule has 1 aliphatic carbocycles. The summed E-state index contributed by atoms with van der Waals surface area (Å²) in [5.41, 5.74) is 7.68. The van der Waals surface area contributed by atoms with Gasteiger partial charge in [-0.25, -0.2) is 0 Å². The average molecular weight is 393 g/mol. The van der Waals surface area contributed by atoms with Crippen LogP contribution in [-0.4, -0.2) is 16.2 Å². The lowest BCUT2D eigenvalue weighted by atomic mass is 9.85. The lowest BCUT2D eigenvalue weighted by Gasteiger charge is -2.25. The number of hydrogen-bond donors (Lipinski definition) is 2. The van der Waals surface area contributed by atoms with E-state index >= 15 is 0 Å². The van der Waals surface area contributed by atoms with E-state index in [4.69, 9.17) is 5.73 Å². The minimum absolute atomic E-state index is 0. The fourth-order valence-electron chi connectivity index (χ4n) is 3.26. The number of nitrogens with two attached hydrogens (primary N) is 1. The van der Waals surface area contributed by atoms with Crippen molar-refractivity contribution in [2.24, 2.45) is 11.7 Å². The Hall–Kier alpha value is -1.69. The SMILES string of the molecule is Cl.NC1CCCC(C(=O)Nc2cccc(CS(=O)c3ccccc3)c2)C1. The molecule has 1 aliphatic rings. The highest BCUT2D eigenvalue weighted by molar-refractivity contribution is 7.84. The molecule has 1 amide bonds. The summed E-state index contributed by atoms with van der Waals surface area (Å²) < 4.78 is 12.4. The number of hydrogen-bond acceptors (Lipinski definition) is 3. The van der Waals surface area contributed by atoms with E-state index in [0.29, 0.717) is 5.75 Å². The molecule has 2 aromatic rings. The third-order valence-corrected chi connectivity index (χ3v) is 5.98. The van der Waals surface area contributed by atoms with Crippen LogP contribution in [0.2, 0.25) is 0 Å². The molecule has 1 saturated carbocycles. The molecule has 3 rings (SSSR count). The van der Waals surface area contributed by atoms with Crippen LogP contribution < -0.4 is 11.1 Å². The highest BCUT2D eigenvalue weighted by atomic mass is 35.5. The predicted octanol–water partition coefficient (Wildman–Crippen LogP) is 3.87. The Morgan fingerprint density at radius 3 is 2.62 bits per heavy atom. The van der Waals surface area contributed by atoms with Gasteiger partial charge in [0.15, 0.2) is 0 Å². The van der Waals surface area contributed by atoms with Gasteiger partial charge in [0.05, 0.1) is 16.6 Å². The molecule has 3 unspecified atom stereocenters. The summed E-state index contributed by atoms with van der Waals surface area (Å²) in [5.74, 6) is 0.463. The van der Waals surface area contributed by atoms with Gasteiger partial charge in [0.25, 0.3) is 0 Å². The molecule has 4 nitrogen and oxygen atoms in total. The Morgan fingerprint density at radius 2 is 1.88 bits per heavy atom. The number of amides is 1. The Kier molecular flexibility index (Phi) is 7.82. The number of halogens is 1. The van der Waals surface area contributed by atoms with E-state index in [1.54, 1.807) is 0 Å². The van der Waals surface area contributed by atoms with Gasteiger partial charge in [0, 0.05) is 22.5 Å². The second-order valence-corrected chi connectivity index (χ2v) is 8.07. The van der Waals surface area contributed by atoms with Crippen molar-refractivity contribution in [3.8, 4) is 0 Å². The van der Waals surface area contributed by atoms with Gasteiger partial charge in [-0.3, -0.25) is 9.00 Å². The molecule has 0 aromatic heterocycles. The first kappa shape index (κ1) is 20.6. The van der Waals surface area contributed by atoms with E-state index in [1.807, 2.05) is 54.6 Å². The summed E-state index contributed by atoms with van der Waals surface area (Å²) in [4.78, 5) is 13.3. The summed E-state index contributed by atoms with van der Waals surface area (Å²) in [6.45, 7) is 0. The quantitative estimate of drug-likeness (QED) is 0.811. The minimum atomic E-state index is -1.09. The first-order valence-corrected chi connectivity index (χ1v) is 10.0. The molecule has 0 bridgehead atoms. The van der Waals surface area contributed by atoms with Gasteiger partial charge >= 0.3 is 0 Å². The van der Waals surface area contributed by atoms with Crippen molar-refractivity contribution in [1.82, 2.24) is 0 Å². The van der Waals surface area contributed by atoms with E-state index in [0.717, 1.165) is 41.8 Å². The Morgan fingerprint density at radius 1 is 1.12 bits per heavy atom. The van der Waals surface area contributed by atoms with Crippen LogP contribution in [0.1, 0.15) is 31.2 Å². The molecular weight excluding hydrogens is 368 g/mol. The van der Waals surface area contributed by atoms with Gasteiger partial charge in [-0.15, -0.1) is 12.4 Å². The van der Waals surface area contributed by atoms with Gasteiger partial charge in [-0.05, 0) is 49.1 Å². The maximum absolute atomic E-state index is 12.4. The van der Waals surface area contributed by atoms with Crippen LogP contribution in [0.4, 0.5) is 5.69 Å². The van der Waals surface area contributed by atoms with Crippen LogP contribution >= 0.6 is 12.4 Å². The van der Waals surface area contributed by atoms with Crippen LogP contribution in [0, 0.1) is 5.92 Å². The van der Waals surface area contributed by atoms with Gasteiger partial charge < -0.3 is 11.1 Å². The first-order chi connectivity index (χ1) is 12.1. The van der Waals surface area contributed by atoms with Crippen molar-refractivity contribution in [3.63, 3.8) is 0 Å². The molecule has 1 fully saturated rings. The Balaban J connectivity index is 0.00000243. The maximum Gasteiger partial charge on any atom is 0.227 e. The summed E-state index contributed by atoms with van der Waals surface area (Å²) in [5, 5.41) is 2.99. The molecule has 0 saturated heterocycles. The zero-order valence-electron chi connectivity index (χ0n) is 14.6. The molecule has 2 aromatic carbocycles. The monoisotopic (exact) mass is 392 g/mol. The van der Waals surface area contributed by atoms with Gasteiger partial charge in [-0.2, -0.15) is 0 Å². The van der Waals surface area contributed by atoms with Crippen LogP contribution in [0.5, 0.6) is 0 Å². The number of benzene rings is 2. The number of nitrogens with one attached hydrogen (secondary N) is 1. The zero-order valence-corrected chi connectivity index (χ0v) is 16.2. The third kappa shape index (κ3) is 5.66. The van der Waals surface area contributed by atoms with Crippen molar-refractivity contribution in [1.29, 1.82) is 0 Å². The van der Waals surface area contributed by atoms with Gasteiger partial charge in [0.1, 0.15) is 0 Å². The van der Waals surface area contributed by atoms with E-state index in [9.17, 15) is 9.00 Å². The normalized spacial score (nSPS) is 20.7. The molecule has 3 atom stereocenters. The molecular formula is C20H25ClN2O2S. The average Bonchev–Trinajstić information content (AvgIpc) is 2.63. The van der Waals surface area contributed by atoms with E-state index in [1.165, 1.54) is 0 Å². The fraction of sp³-hybridized carbons (Fsp3) is 0.350. The van der Waals surface area contributed by atoms with Crippen molar-refractivity contribution in [3.05, 3.63) is 60.2 Å². The van der Waals surface area contributed by atoms with Crippen LogP contribution in [0.25, 0.3) is 0 Å². The molecule has 0 radical (unpaired) electrons. The largest absolute Gasteiger partial charge is 0.328 e. The number of anilines is 1. The standard InChI is InChI=1S/C20H24N2O2S.ClH/c21-17-8-5-7-16(13-17)20(23)22-18-9-4-6-15(12-18)14-25(24)19-10-2-1-3-11-19;/h1-4,6,9-12,16-17H,5,7-8,13-14,21H2,(H,22,23);1H. The van der Waals surface area contributed by atoms with Gasteiger partial charge in [0.2, 0.25) is 5.91 Å². The Labute approximate surface area is 163 Å². The third-order valence-electron chi connectivity index (χ3n) is 4.58. The Bertz CT molecular complexity index is 754. The molecule has 0 aliphatic heterocycles. The van der Waals surface area contributed by atoms with E-state index in [-0.39, 0.29) is 30.3 Å². The predicted molar refractivity (Wildman–Crippen MR) is 109 cm³/mol. The molecule has 140 valence electrons. The van der Waals surface area contributed by atoms with Crippen LogP contribution in [-0.2, 0) is 21.3 Å². The highest BCUT2D eigenvalue weighted by Crippen LogP contribution is 2.25. The number of carbonyl (C=O) groups excluding carboxylic acids is 1. The topological polar surface area (TPSA) is 72.2 Å². The number of rotatable bonds is 5. The summed E-state index contributed by atoms with van der Waals surface area (Å²) in [6, 6.07) is 17.2. The first-order valence-electron chi connectivity index (χ1n) is 8.70. The van der Waals surface area contributed by atoms with Crippen LogP contribution in [0.3, 0.4) is 0 Å². The van der Waals surface area contributed by atoms with Gasteiger partial charge in [-0.1, -0.05) is 36.8 Å². The lowest BCUT2D eigenvalue weighted by Crippen LogP contribution is -2.34. The lowest BCUT2D eigenvalue weighted by molar-refractivity contribution is -0.120. The van der Waals surface area contributed by atoms with Crippen molar-refractivity contribution in [2.75, 3.05) is 5.32 Å². The highest BCUT2D eigenvalue weighted by Gasteiger charge is 2.25. The zero-order chi connectivity index (χ0) is 17.6. The summed E-state index contributed by atoms with van der Waals surface area (Å²) >= 11 is 0. The fourth-order valence-corrected chi connectivity index (χ4v) is 4.37. The summed E-state index contributed by atoms with van der Waals surface area (Å²) in [6.07, 6.45) is 3.67. The number of carbonyl (C=O) groups is 1. The van der Waals surface area contributed by atoms with E-state index in [2.05, 4.69) is 5.32 Å². The second kappa shape index (κ2) is 9.86. The molecule has 26 heavy (non-hydrogen) atoms. The molecule has 0 spiro atoms.